The molecular weight excluding hydrogens is 389 g/mol. The highest BCUT2D eigenvalue weighted by atomic mass is 19.1. The summed E-state index contributed by atoms with van der Waals surface area (Å²) in [5, 5.41) is 5.21. The van der Waals surface area contributed by atoms with Gasteiger partial charge in [-0.05, 0) is 67.3 Å². The molecule has 158 valence electrons. The number of halogens is 1. The molecule has 2 N–H and O–H groups in total. The minimum absolute atomic E-state index is 0.164. The number of nitrogens with zero attached hydrogens (tertiary/aromatic N) is 1. The lowest BCUT2D eigenvalue weighted by atomic mass is 10.2. The molecule has 0 aliphatic heterocycles. The number of nitrogens with one attached hydrogen (secondary N) is 2. The molecule has 0 saturated heterocycles. The summed E-state index contributed by atoms with van der Waals surface area (Å²) in [6.45, 7) is 0.0804. The topological polar surface area (TPSA) is 87.7 Å². The van der Waals surface area contributed by atoms with Crippen molar-refractivity contribution in [2.75, 3.05) is 32.1 Å². The third kappa shape index (κ3) is 6.30. The number of hydrogen-bond donors (Lipinski definition) is 2. The van der Waals surface area contributed by atoms with Gasteiger partial charge in [0.2, 0.25) is 11.8 Å². The number of carbonyl (C=O) groups is 3. The van der Waals surface area contributed by atoms with Crippen molar-refractivity contribution in [3.63, 3.8) is 0 Å². The van der Waals surface area contributed by atoms with Crippen molar-refractivity contribution in [2.45, 2.75) is 12.8 Å². The number of hydrogen-bond acceptors (Lipinski definition) is 4. The number of rotatable bonds is 9. The maximum absolute atomic E-state index is 13.1. The molecule has 0 bridgehead atoms. The molecule has 1 aliphatic rings. The maximum Gasteiger partial charge on any atom is 0.254 e. The van der Waals surface area contributed by atoms with Gasteiger partial charge in [0.1, 0.15) is 11.6 Å². The summed E-state index contributed by atoms with van der Waals surface area (Å²) in [6.07, 6.45) is 2.03. The van der Waals surface area contributed by atoms with E-state index in [1.54, 1.807) is 31.4 Å². The van der Waals surface area contributed by atoms with Gasteiger partial charge in [-0.3, -0.25) is 14.4 Å². The van der Waals surface area contributed by atoms with Crippen molar-refractivity contribution in [1.82, 2.24) is 10.2 Å². The van der Waals surface area contributed by atoms with E-state index in [0.717, 1.165) is 12.8 Å². The summed E-state index contributed by atoms with van der Waals surface area (Å²) in [5.74, 6) is -0.535. The average molecular weight is 413 g/mol. The van der Waals surface area contributed by atoms with Gasteiger partial charge in [-0.1, -0.05) is 0 Å². The van der Waals surface area contributed by atoms with Gasteiger partial charge in [-0.25, -0.2) is 4.39 Å². The Hall–Kier alpha value is -3.42. The minimum Gasteiger partial charge on any atom is -0.497 e. The fourth-order valence-electron chi connectivity index (χ4n) is 2.89. The van der Waals surface area contributed by atoms with Crippen LogP contribution in [0.25, 0.3) is 0 Å². The van der Waals surface area contributed by atoms with Crippen molar-refractivity contribution < 1.29 is 23.5 Å². The molecule has 2 aromatic rings. The third-order valence-corrected chi connectivity index (χ3v) is 4.71. The van der Waals surface area contributed by atoms with E-state index in [4.69, 9.17) is 4.74 Å². The number of methoxy groups -OCH3 is 1. The fourth-order valence-corrected chi connectivity index (χ4v) is 2.89. The molecule has 1 fully saturated rings. The van der Waals surface area contributed by atoms with Crippen molar-refractivity contribution in [1.29, 1.82) is 0 Å². The second kappa shape index (κ2) is 9.87. The molecule has 0 heterocycles. The lowest BCUT2D eigenvalue weighted by Crippen LogP contribution is -2.43. The summed E-state index contributed by atoms with van der Waals surface area (Å²) >= 11 is 0. The second-order valence-corrected chi connectivity index (χ2v) is 7.19. The molecule has 0 radical (unpaired) electrons. The molecule has 30 heavy (non-hydrogen) atoms. The number of carbonyl (C=O) groups excluding carboxylic acids is 3. The van der Waals surface area contributed by atoms with E-state index in [1.807, 2.05) is 0 Å². The first-order valence-corrected chi connectivity index (χ1v) is 9.70. The molecule has 1 aliphatic carbocycles. The van der Waals surface area contributed by atoms with E-state index in [2.05, 4.69) is 10.6 Å². The van der Waals surface area contributed by atoms with E-state index in [-0.39, 0.29) is 24.9 Å². The van der Waals surface area contributed by atoms with E-state index < -0.39 is 11.7 Å². The van der Waals surface area contributed by atoms with Crippen LogP contribution >= 0.6 is 0 Å². The van der Waals surface area contributed by atoms with Crippen molar-refractivity contribution >= 4 is 23.4 Å². The molecule has 3 rings (SSSR count). The number of anilines is 1. The summed E-state index contributed by atoms with van der Waals surface area (Å²) in [7, 11) is 1.55. The average Bonchev–Trinajstić information content (AvgIpc) is 3.56. The highest BCUT2D eigenvalue weighted by Crippen LogP contribution is 2.30. The van der Waals surface area contributed by atoms with Gasteiger partial charge < -0.3 is 20.3 Å². The molecule has 0 unspecified atom stereocenters. The Morgan fingerprint density at radius 3 is 2.30 bits per heavy atom. The van der Waals surface area contributed by atoms with Gasteiger partial charge in [0.15, 0.2) is 0 Å². The Bertz CT molecular complexity index is 896. The van der Waals surface area contributed by atoms with Crippen LogP contribution in [-0.4, -0.2) is 49.4 Å². The molecular formula is C22H24FN3O4. The largest absolute Gasteiger partial charge is 0.497 e. The van der Waals surface area contributed by atoms with Crippen LogP contribution in [-0.2, 0) is 9.59 Å². The highest BCUT2D eigenvalue weighted by molar-refractivity contribution is 5.98. The zero-order valence-electron chi connectivity index (χ0n) is 16.7. The Morgan fingerprint density at radius 1 is 1.03 bits per heavy atom. The molecule has 2 aromatic carbocycles. The van der Waals surface area contributed by atoms with Gasteiger partial charge in [-0.15, -0.1) is 0 Å². The van der Waals surface area contributed by atoms with Crippen molar-refractivity contribution in [2.24, 2.45) is 5.92 Å². The molecule has 7 nitrogen and oxygen atoms in total. The van der Waals surface area contributed by atoms with Gasteiger partial charge in [0.05, 0.1) is 20.2 Å². The summed E-state index contributed by atoms with van der Waals surface area (Å²) in [4.78, 5) is 38.5. The van der Waals surface area contributed by atoms with E-state index >= 15 is 0 Å². The van der Waals surface area contributed by atoms with E-state index in [1.165, 1.54) is 29.2 Å². The Balaban J connectivity index is 1.51. The zero-order chi connectivity index (χ0) is 21.5. The standard InChI is InChI=1S/C22H24FN3O4/c1-30-19-10-8-18(9-11-19)25-20(27)12-24-21(28)14-26(13-15-2-3-15)22(29)16-4-6-17(23)7-5-16/h4-11,15H,2-3,12-14H2,1H3,(H,24,28)(H,25,27). The number of amides is 3. The third-order valence-electron chi connectivity index (χ3n) is 4.71. The van der Waals surface area contributed by atoms with Crippen LogP contribution in [0, 0.1) is 11.7 Å². The predicted octanol–water partition coefficient (Wildman–Crippen LogP) is 2.44. The molecule has 0 spiro atoms. The minimum atomic E-state index is -0.434. The first-order valence-electron chi connectivity index (χ1n) is 9.70. The molecule has 0 aromatic heterocycles. The smallest absolute Gasteiger partial charge is 0.254 e. The Kier molecular flexibility index (Phi) is 7.00. The van der Waals surface area contributed by atoms with E-state index in [9.17, 15) is 18.8 Å². The Morgan fingerprint density at radius 2 is 1.70 bits per heavy atom. The molecule has 0 atom stereocenters. The Labute approximate surface area is 174 Å². The van der Waals surface area contributed by atoms with Gasteiger partial charge in [0.25, 0.3) is 5.91 Å². The summed E-state index contributed by atoms with van der Waals surface area (Å²) < 4.78 is 18.2. The normalized spacial score (nSPS) is 12.7. The van der Waals surface area contributed by atoms with Gasteiger partial charge >= 0.3 is 0 Å². The van der Waals surface area contributed by atoms with Gasteiger partial charge in [0, 0.05) is 17.8 Å². The van der Waals surface area contributed by atoms with Crippen molar-refractivity contribution in [3.8, 4) is 5.75 Å². The summed E-state index contributed by atoms with van der Waals surface area (Å²) in [5.41, 5.74) is 0.902. The van der Waals surface area contributed by atoms with Crippen LogP contribution < -0.4 is 15.4 Å². The lowest BCUT2D eigenvalue weighted by molar-refractivity contribution is -0.124. The number of ether oxygens (including phenoxy) is 1. The van der Waals surface area contributed by atoms with Crippen LogP contribution in [0.15, 0.2) is 48.5 Å². The van der Waals surface area contributed by atoms with Crippen LogP contribution in [0.5, 0.6) is 5.75 Å². The monoisotopic (exact) mass is 413 g/mol. The predicted molar refractivity (Wildman–Crippen MR) is 110 cm³/mol. The summed E-state index contributed by atoms with van der Waals surface area (Å²) in [6, 6.07) is 12.0. The van der Waals surface area contributed by atoms with Crippen LogP contribution in [0.1, 0.15) is 23.2 Å². The van der Waals surface area contributed by atoms with Crippen LogP contribution in [0.2, 0.25) is 0 Å². The molecule has 1 saturated carbocycles. The fraction of sp³-hybridized carbons (Fsp3) is 0.318. The first-order chi connectivity index (χ1) is 14.4. The second-order valence-electron chi connectivity index (χ2n) is 7.19. The number of benzene rings is 2. The highest BCUT2D eigenvalue weighted by Gasteiger charge is 2.28. The van der Waals surface area contributed by atoms with Crippen LogP contribution in [0.4, 0.5) is 10.1 Å². The van der Waals surface area contributed by atoms with Crippen LogP contribution in [0.3, 0.4) is 0 Å². The first kappa shape index (κ1) is 21.3. The van der Waals surface area contributed by atoms with Crippen molar-refractivity contribution in [3.05, 3.63) is 59.9 Å². The van der Waals surface area contributed by atoms with Gasteiger partial charge in [-0.2, -0.15) is 0 Å². The molecule has 3 amide bonds. The molecule has 8 heteroatoms. The van der Waals surface area contributed by atoms with E-state index in [0.29, 0.717) is 29.5 Å². The quantitative estimate of drug-likeness (QED) is 0.661. The maximum atomic E-state index is 13.1. The SMILES string of the molecule is COc1ccc(NC(=O)CNC(=O)CN(CC2CC2)C(=O)c2ccc(F)cc2)cc1. The zero-order valence-corrected chi connectivity index (χ0v) is 16.7. The lowest BCUT2D eigenvalue weighted by Gasteiger charge is -2.22.